The Hall–Kier alpha value is -2.30. The first kappa shape index (κ1) is 12.7. The van der Waals surface area contributed by atoms with Gasteiger partial charge in [-0.15, -0.1) is 10.2 Å². The average molecular weight is 270 g/mol. The van der Waals surface area contributed by atoms with E-state index in [1.807, 2.05) is 30.7 Å². The predicted molar refractivity (Wildman–Crippen MR) is 77.8 cm³/mol. The second-order valence-electron chi connectivity index (χ2n) is 5.09. The van der Waals surface area contributed by atoms with Crippen LogP contribution in [0.15, 0.2) is 18.2 Å². The van der Waals surface area contributed by atoms with Crippen molar-refractivity contribution in [3.05, 3.63) is 41.1 Å². The van der Waals surface area contributed by atoms with Crippen LogP contribution in [-0.4, -0.2) is 19.7 Å². The summed E-state index contributed by atoms with van der Waals surface area (Å²) in [6.07, 6.45) is 0. The quantitative estimate of drug-likeness (QED) is 0.796. The normalized spacial score (nSPS) is 11.2. The van der Waals surface area contributed by atoms with Gasteiger partial charge in [-0.05, 0) is 44.5 Å². The molecule has 0 atom stereocenters. The van der Waals surface area contributed by atoms with E-state index >= 15 is 0 Å². The number of rotatable bonds is 3. The Morgan fingerprint density at radius 3 is 2.70 bits per heavy atom. The largest absolute Gasteiger partial charge is 0.486 e. The van der Waals surface area contributed by atoms with Crippen LogP contribution in [0.1, 0.15) is 22.9 Å². The number of nitrogens with zero attached hydrogens (tertiary/aromatic N) is 3. The van der Waals surface area contributed by atoms with Crippen molar-refractivity contribution in [2.45, 2.75) is 27.4 Å². The molecule has 2 aromatic heterocycles. The SMILES string of the molecule is Cc1[nH]c2ccc(OCc3nnc(C)n3C)cc2c1C. The second kappa shape index (κ2) is 4.67. The van der Waals surface area contributed by atoms with Crippen molar-refractivity contribution in [2.75, 3.05) is 0 Å². The van der Waals surface area contributed by atoms with Crippen LogP contribution in [0.25, 0.3) is 10.9 Å². The molecule has 0 aliphatic rings. The molecule has 3 rings (SSSR count). The molecule has 0 fully saturated rings. The fourth-order valence-electron chi connectivity index (χ4n) is 2.25. The summed E-state index contributed by atoms with van der Waals surface area (Å²) in [6, 6.07) is 6.09. The number of fused-ring (bicyclic) bond motifs is 1. The number of hydrogen-bond donors (Lipinski definition) is 1. The number of ether oxygens (including phenoxy) is 1. The molecule has 0 unspecified atom stereocenters. The summed E-state index contributed by atoms with van der Waals surface area (Å²) >= 11 is 0. The van der Waals surface area contributed by atoms with E-state index in [0.717, 1.165) is 22.9 Å². The Labute approximate surface area is 117 Å². The van der Waals surface area contributed by atoms with Crippen LogP contribution >= 0.6 is 0 Å². The molecule has 5 heteroatoms. The fourth-order valence-corrected chi connectivity index (χ4v) is 2.25. The lowest BCUT2D eigenvalue weighted by atomic mass is 10.1. The Morgan fingerprint density at radius 1 is 1.20 bits per heavy atom. The van der Waals surface area contributed by atoms with Crippen LogP contribution in [0.4, 0.5) is 0 Å². The van der Waals surface area contributed by atoms with Crippen LogP contribution in [0.2, 0.25) is 0 Å². The van der Waals surface area contributed by atoms with Gasteiger partial charge in [-0.2, -0.15) is 0 Å². The summed E-state index contributed by atoms with van der Waals surface area (Å²) in [6.45, 7) is 6.54. The summed E-state index contributed by atoms with van der Waals surface area (Å²) in [4.78, 5) is 3.36. The number of aromatic nitrogens is 4. The van der Waals surface area contributed by atoms with Gasteiger partial charge in [0.2, 0.25) is 0 Å². The first-order chi connectivity index (χ1) is 9.56. The van der Waals surface area contributed by atoms with Crippen molar-refractivity contribution in [3.8, 4) is 5.75 Å². The Kier molecular flexibility index (Phi) is 2.97. The lowest BCUT2D eigenvalue weighted by Crippen LogP contribution is -2.04. The van der Waals surface area contributed by atoms with E-state index in [-0.39, 0.29) is 0 Å². The zero-order chi connectivity index (χ0) is 14.3. The third-order valence-corrected chi connectivity index (χ3v) is 3.83. The summed E-state index contributed by atoms with van der Waals surface area (Å²) in [5.41, 5.74) is 3.60. The highest BCUT2D eigenvalue weighted by Crippen LogP contribution is 2.26. The van der Waals surface area contributed by atoms with Crippen molar-refractivity contribution in [1.29, 1.82) is 0 Å². The van der Waals surface area contributed by atoms with Gasteiger partial charge in [0.05, 0.1) is 0 Å². The molecule has 1 N–H and O–H groups in total. The van der Waals surface area contributed by atoms with Gasteiger partial charge in [0.1, 0.15) is 18.2 Å². The molecular formula is C15H18N4O. The minimum absolute atomic E-state index is 0.422. The van der Waals surface area contributed by atoms with Crippen molar-refractivity contribution >= 4 is 10.9 Å². The third-order valence-electron chi connectivity index (χ3n) is 3.83. The first-order valence-corrected chi connectivity index (χ1v) is 6.63. The van der Waals surface area contributed by atoms with Gasteiger partial charge in [0.25, 0.3) is 0 Å². The van der Waals surface area contributed by atoms with Crippen molar-refractivity contribution in [3.63, 3.8) is 0 Å². The van der Waals surface area contributed by atoms with Crippen molar-refractivity contribution in [2.24, 2.45) is 7.05 Å². The summed E-state index contributed by atoms with van der Waals surface area (Å²) in [7, 11) is 1.94. The molecule has 0 amide bonds. The zero-order valence-electron chi connectivity index (χ0n) is 12.2. The Balaban J connectivity index is 1.84. The minimum atomic E-state index is 0.422. The monoisotopic (exact) mass is 270 g/mol. The number of aryl methyl sites for hydroxylation is 3. The number of hydrogen-bond acceptors (Lipinski definition) is 3. The molecule has 1 aromatic carbocycles. The van der Waals surface area contributed by atoms with Crippen LogP contribution < -0.4 is 4.74 Å². The Bertz CT molecular complexity index is 770. The third kappa shape index (κ3) is 2.05. The molecule has 0 saturated heterocycles. The van der Waals surface area contributed by atoms with Gasteiger partial charge in [0, 0.05) is 23.6 Å². The molecule has 2 heterocycles. The van der Waals surface area contributed by atoms with Gasteiger partial charge in [-0.25, -0.2) is 0 Å². The highest BCUT2D eigenvalue weighted by atomic mass is 16.5. The standard InChI is InChI=1S/C15H18N4O/c1-9-10(2)16-14-6-5-12(7-13(9)14)20-8-15-18-17-11(3)19(15)4/h5-7,16H,8H2,1-4H3. The highest BCUT2D eigenvalue weighted by molar-refractivity contribution is 5.85. The number of benzene rings is 1. The summed E-state index contributed by atoms with van der Waals surface area (Å²) in [5, 5.41) is 9.32. The maximum atomic E-state index is 5.82. The highest BCUT2D eigenvalue weighted by Gasteiger charge is 2.08. The summed E-state index contributed by atoms with van der Waals surface area (Å²) < 4.78 is 7.76. The smallest absolute Gasteiger partial charge is 0.170 e. The summed E-state index contributed by atoms with van der Waals surface area (Å²) in [5.74, 6) is 2.56. The van der Waals surface area contributed by atoms with E-state index in [9.17, 15) is 0 Å². The van der Waals surface area contributed by atoms with Gasteiger partial charge in [-0.1, -0.05) is 0 Å². The van der Waals surface area contributed by atoms with E-state index in [0.29, 0.717) is 6.61 Å². The van der Waals surface area contributed by atoms with Gasteiger partial charge >= 0.3 is 0 Å². The molecule has 0 spiro atoms. The molecule has 5 nitrogen and oxygen atoms in total. The maximum absolute atomic E-state index is 5.82. The van der Waals surface area contributed by atoms with E-state index < -0.39 is 0 Å². The molecule has 20 heavy (non-hydrogen) atoms. The van der Waals surface area contributed by atoms with E-state index in [2.05, 4.69) is 35.1 Å². The molecule has 3 aromatic rings. The molecule has 104 valence electrons. The predicted octanol–water partition coefficient (Wildman–Crippen LogP) is 2.80. The lowest BCUT2D eigenvalue weighted by Gasteiger charge is -2.06. The van der Waals surface area contributed by atoms with E-state index in [1.54, 1.807) is 0 Å². The van der Waals surface area contributed by atoms with Crippen LogP contribution in [0, 0.1) is 20.8 Å². The Morgan fingerprint density at radius 2 is 2.00 bits per heavy atom. The fraction of sp³-hybridized carbons (Fsp3) is 0.333. The number of H-pyrrole nitrogens is 1. The molecule has 0 radical (unpaired) electrons. The zero-order valence-corrected chi connectivity index (χ0v) is 12.2. The molecule has 0 aliphatic carbocycles. The van der Waals surface area contributed by atoms with Crippen LogP contribution in [0.3, 0.4) is 0 Å². The lowest BCUT2D eigenvalue weighted by molar-refractivity contribution is 0.291. The number of aromatic amines is 1. The molecule has 0 aliphatic heterocycles. The van der Waals surface area contributed by atoms with E-state index in [1.165, 1.54) is 16.6 Å². The topological polar surface area (TPSA) is 55.7 Å². The molecular weight excluding hydrogens is 252 g/mol. The van der Waals surface area contributed by atoms with Crippen molar-refractivity contribution in [1.82, 2.24) is 19.7 Å². The van der Waals surface area contributed by atoms with Crippen LogP contribution in [0.5, 0.6) is 5.75 Å². The number of nitrogens with one attached hydrogen (secondary N) is 1. The van der Waals surface area contributed by atoms with Crippen LogP contribution in [-0.2, 0) is 13.7 Å². The van der Waals surface area contributed by atoms with Gasteiger partial charge in [0.15, 0.2) is 5.82 Å². The van der Waals surface area contributed by atoms with Gasteiger partial charge in [-0.3, -0.25) is 0 Å². The maximum Gasteiger partial charge on any atom is 0.170 e. The average Bonchev–Trinajstić information content (AvgIpc) is 2.90. The van der Waals surface area contributed by atoms with Crippen molar-refractivity contribution < 1.29 is 4.74 Å². The minimum Gasteiger partial charge on any atom is -0.486 e. The second-order valence-corrected chi connectivity index (χ2v) is 5.09. The molecule has 0 saturated carbocycles. The molecule has 0 bridgehead atoms. The first-order valence-electron chi connectivity index (χ1n) is 6.63. The van der Waals surface area contributed by atoms with Gasteiger partial charge < -0.3 is 14.3 Å². The van der Waals surface area contributed by atoms with E-state index in [4.69, 9.17) is 4.74 Å².